The molecule has 2 aromatic rings. The van der Waals surface area contributed by atoms with E-state index in [0.29, 0.717) is 12.5 Å². The van der Waals surface area contributed by atoms with Crippen molar-refractivity contribution in [1.82, 2.24) is 0 Å². The minimum atomic E-state index is -3.16. The van der Waals surface area contributed by atoms with E-state index in [0.717, 1.165) is 6.07 Å². The van der Waals surface area contributed by atoms with Crippen LogP contribution in [0.4, 0.5) is 13.2 Å². The molecule has 5 heteroatoms. The van der Waals surface area contributed by atoms with Crippen LogP contribution in [0.5, 0.6) is 0 Å². The van der Waals surface area contributed by atoms with Crippen LogP contribution in [-0.4, -0.2) is 5.11 Å². The van der Waals surface area contributed by atoms with Crippen LogP contribution in [0.15, 0.2) is 46.9 Å². The molecule has 2 aromatic carbocycles. The number of alkyl halides is 2. The van der Waals surface area contributed by atoms with E-state index in [1.54, 1.807) is 30.3 Å². The van der Waals surface area contributed by atoms with Gasteiger partial charge in [0.15, 0.2) is 0 Å². The van der Waals surface area contributed by atoms with Gasteiger partial charge in [-0.15, -0.1) is 0 Å². The van der Waals surface area contributed by atoms with Gasteiger partial charge in [0.2, 0.25) is 0 Å². The third-order valence-electron chi connectivity index (χ3n) is 2.97. The zero-order chi connectivity index (χ0) is 14.9. The van der Waals surface area contributed by atoms with Crippen LogP contribution in [0, 0.1) is 5.82 Å². The Labute approximate surface area is 123 Å². The van der Waals surface area contributed by atoms with Crippen molar-refractivity contribution in [2.24, 2.45) is 0 Å². The van der Waals surface area contributed by atoms with Crippen molar-refractivity contribution in [3.05, 3.63) is 69.4 Å². The average molecular weight is 345 g/mol. The summed E-state index contributed by atoms with van der Waals surface area (Å²) in [7, 11) is 0. The van der Waals surface area contributed by atoms with E-state index in [2.05, 4.69) is 15.9 Å². The number of aliphatic hydroxyl groups excluding tert-OH is 1. The van der Waals surface area contributed by atoms with Crippen LogP contribution in [0.25, 0.3) is 0 Å². The van der Waals surface area contributed by atoms with Crippen molar-refractivity contribution in [3.63, 3.8) is 0 Å². The summed E-state index contributed by atoms with van der Waals surface area (Å²) in [5, 5.41) is 10.1. The molecule has 20 heavy (non-hydrogen) atoms. The Morgan fingerprint density at radius 1 is 1.15 bits per heavy atom. The second-order valence-corrected chi connectivity index (χ2v) is 5.41. The summed E-state index contributed by atoms with van der Waals surface area (Å²) >= 11 is 3.00. The maximum Gasteiger partial charge on any atom is 0.271 e. The van der Waals surface area contributed by atoms with E-state index >= 15 is 0 Å². The number of hydrogen-bond acceptors (Lipinski definition) is 1. The molecule has 0 amide bonds. The highest BCUT2D eigenvalue weighted by Crippen LogP contribution is 2.36. The highest BCUT2D eigenvalue weighted by atomic mass is 79.9. The highest BCUT2D eigenvalue weighted by molar-refractivity contribution is 9.10. The van der Waals surface area contributed by atoms with Gasteiger partial charge in [-0.25, -0.2) is 13.2 Å². The molecule has 0 saturated heterocycles. The molecular weight excluding hydrogens is 333 g/mol. The molecule has 0 fully saturated rings. The summed E-state index contributed by atoms with van der Waals surface area (Å²) in [5.74, 6) is -4.02. The summed E-state index contributed by atoms with van der Waals surface area (Å²) in [4.78, 5) is 0. The fourth-order valence-electron chi connectivity index (χ4n) is 1.92. The molecule has 1 unspecified atom stereocenters. The maximum atomic E-state index is 14.0. The molecule has 0 aliphatic carbocycles. The summed E-state index contributed by atoms with van der Waals surface area (Å²) in [6, 6.07) is 10.4. The van der Waals surface area contributed by atoms with Crippen LogP contribution in [0.3, 0.4) is 0 Å². The molecule has 0 aliphatic rings. The second kappa shape index (κ2) is 5.58. The fraction of sp³-hybridized carbons (Fsp3) is 0.200. The third kappa shape index (κ3) is 3.04. The first-order valence-corrected chi connectivity index (χ1v) is 6.70. The van der Waals surface area contributed by atoms with Gasteiger partial charge >= 0.3 is 0 Å². The minimum absolute atomic E-state index is 0.0453. The largest absolute Gasteiger partial charge is 0.384 e. The molecule has 1 N–H and O–H groups in total. The lowest BCUT2D eigenvalue weighted by molar-refractivity contribution is 0.0162. The van der Waals surface area contributed by atoms with E-state index in [4.69, 9.17) is 0 Å². The van der Waals surface area contributed by atoms with Crippen LogP contribution < -0.4 is 0 Å². The number of rotatable bonds is 3. The van der Waals surface area contributed by atoms with E-state index < -0.39 is 23.4 Å². The molecule has 1 nitrogen and oxygen atoms in total. The zero-order valence-electron chi connectivity index (χ0n) is 10.6. The lowest BCUT2D eigenvalue weighted by Crippen LogP contribution is -2.11. The van der Waals surface area contributed by atoms with Crippen molar-refractivity contribution >= 4 is 15.9 Å². The Bertz CT molecular complexity index is 609. The monoisotopic (exact) mass is 344 g/mol. The second-order valence-electron chi connectivity index (χ2n) is 4.56. The first kappa shape index (κ1) is 15.1. The Kier molecular flexibility index (Phi) is 4.20. The quantitative estimate of drug-likeness (QED) is 0.849. The summed E-state index contributed by atoms with van der Waals surface area (Å²) < 4.78 is 40.6. The van der Waals surface area contributed by atoms with Gasteiger partial charge in [-0.1, -0.05) is 46.3 Å². The van der Waals surface area contributed by atoms with E-state index in [9.17, 15) is 18.3 Å². The van der Waals surface area contributed by atoms with Gasteiger partial charge in [-0.3, -0.25) is 0 Å². The summed E-state index contributed by atoms with van der Waals surface area (Å²) in [6.45, 7) is 0.694. The van der Waals surface area contributed by atoms with Gasteiger partial charge in [0.25, 0.3) is 5.92 Å². The predicted molar refractivity (Wildman–Crippen MR) is 74.2 cm³/mol. The Hall–Kier alpha value is -1.33. The van der Waals surface area contributed by atoms with Crippen LogP contribution in [0.2, 0.25) is 0 Å². The predicted octanol–water partition coefficient (Wildman–Crippen LogP) is 4.78. The van der Waals surface area contributed by atoms with Gasteiger partial charge in [0.05, 0.1) is 0 Å². The molecule has 2 rings (SSSR count). The van der Waals surface area contributed by atoms with Crippen molar-refractivity contribution in [2.45, 2.75) is 19.0 Å². The number of hydrogen-bond donors (Lipinski definition) is 1. The first-order chi connectivity index (χ1) is 9.30. The van der Waals surface area contributed by atoms with Gasteiger partial charge in [0.1, 0.15) is 11.9 Å². The first-order valence-electron chi connectivity index (χ1n) is 5.91. The maximum absolute atomic E-state index is 14.0. The lowest BCUT2D eigenvalue weighted by Gasteiger charge is -2.17. The Balaban J connectivity index is 2.47. The van der Waals surface area contributed by atoms with E-state index in [-0.39, 0.29) is 10.0 Å². The minimum Gasteiger partial charge on any atom is -0.384 e. The molecule has 106 valence electrons. The zero-order valence-corrected chi connectivity index (χ0v) is 12.2. The molecule has 0 heterocycles. The van der Waals surface area contributed by atoms with Crippen LogP contribution in [-0.2, 0) is 5.92 Å². The Morgan fingerprint density at radius 2 is 1.75 bits per heavy atom. The number of halogens is 4. The topological polar surface area (TPSA) is 20.2 Å². The normalized spacial score (nSPS) is 13.3. The third-order valence-corrected chi connectivity index (χ3v) is 3.63. The molecule has 0 saturated carbocycles. The molecule has 0 aliphatic heterocycles. The van der Waals surface area contributed by atoms with E-state index in [1.807, 2.05) is 0 Å². The average Bonchev–Trinajstić information content (AvgIpc) is 2.40. The smallest absolute Gasteiger partial charge is 0.271 e. The van der Waals surface area contributed by atoms with Gasteiger partial charge in [-0.05, 0) is 17.7 Å². The van der Waals surface area contributed by atoms with Gasteiger partial charge in [0, 0.05) is 22.5 Å². The van der Waals surface area contributed by atoms with Gasteiger partial charge < -0.3 is 5.11 Å². The lowest BCUT2D eigenvalue weighted by atomic mass is 9.98. The SMILES string of the molecule is CC(F)(F)c1cc(F)c(C(O)c2ccccc2)cc1Br. The molecular formula is C15H12BrF3O. The fourth-order valence-corrected chi connectivity index (χ4v) is 2.63. The molecule has 0 spiro atoms. The van der Waals surface area contributed by atoms with Crippen molar-refractivity contribution in [2.75, 3.05) is 0 Å². The van der Waals surface area contributed by atoms with Crippen molar-refractivity contribution in [1.29, 1.82) is 0 Å². The standard InChI is InChI=1S/C15H12BrF3O/c1-15(18,19)11-8-13(17)10(7-12(11)16)14(20)9-5-3-2-4-6-9/h2-8,14,20H,1H3. The van der Waals surface area contributed by atoms with Crippen molar-refractivity contribution in [3.8, 4) is 0 Å². The molecule has 0 bridgehead atoms. The van der Waals surface area contributed by atoms with Gasteiger partial charge in [-0.2, -0.15) is 0 Å². The number of benzene rings is 2. The summed E-state index contributed by atoms with van der Waals surface area (Å²) in [5.41, 5.74) is 0.00407. The molecule has 1 atom stereocenters. The Morgan fingerprint density at radius 3 is 2.30 bits per heavy atom. The van der Waals surface area contributed by atoms with E-state index in [1.165, 1.54) is 6.07 Å². The van der Waals surface area contributed by atoms with Crippen LogP contribution in [0.1, 0.15) is 29.7 Å². The number of aliphatic hydroxyl groups is 1. The highest BCUT2D eigenvalue weighted by Gasteiger charge is 2.29. The summed E-state index contributed by atoms with van der Waals surface area (Å²) in [6.07, 6.45) is -1.20. The molecule has 0 aromatic heterocycles. The van der Waals surface area contributed by atoms with Crippen molar-refractivity contribution < 1.29 is 18.3 Å². The molecule has 0 radical (unpaired) electrons. The van der Waals surface area contributed by atoms with Crippen LogP contribution >= 0.6 is 15.9 Å².